The molecule has 5 nitrogen and oxygen atoms in total. The smallest absolute Gasteiger partial charge is 0.317 e. The maximum Gasteiger partial charge on any atom is 0.317 e. The number of esters is 1. The van der Waals surface area contributed by atoms with Crippen LogP contribution in [0.25, 0.3) is 0 Å². The molecule has 1 aromatic rings. The molecule has 0 radical (unpaired) electrons. The molecule has 0 aliphatic carbocycles. The number of fused-ring (bicyclic) bond motifs is 1. The molecule has 1 heterocycles. The van der Waals surface area contributed by atoms with Gasteiger partial charge in [0, 0.05) is 26.1 Å². The van der Waals surface area contributed by atoms with Gasteiger partial charge in [0.1, 0.15) is 0 Å². The summed E-state index contributed by atoms with van der Waals surface area (Å²) in [4.78, 5) is 24.9. The molecule has 1 aliphatic heterocycles. The van der Waals surface area contributed by atoms with Gasteiger partial charge in [-0.1, -0.05) is 24.3 Å². The Balaban J connectivity index is 1.69. The van der Waals surface area contributed by atoms with Crippen molar-refractivity contribution in [1.82, 2.24) is 10.2 Å². The number of hydrogen-bond donors (Lipinski definition) is 1. The first-order chi connectivity index (χ1) is 10.2. The minimum Gasteiger partial charge on any atom is -0.469 e. The first kappa shape index (κ1) is 15.4. The van der Waals surface area contributed by atoms with Gasteiger partial charge in [-0.15, -0.1) is 0 Å². The lowest BCUT2D eigenvalue weighted by Crippen LogP contribution is -2.43. The standard InChI is InChI=1S/C16H22N2O3/c1-21-15(19)8-4-5-10-17-16(20)18-11-9-13-6-2-3-7-14(13)12-18/h2-3,6-7H,4-5,8-12H2,1H3,(H,17,20). The summed E-state index contributed by atoms with van der Waals surface area (Å²) in [6.07, 6.45) is 2.83. The zero-order valence-corrected chi connectivity index (χ0v) is 12.4. The summed E-state index contributed by atoms with van der Waals surface area (Å²) in [7, 11) is 1.39. The topological polar surface area (TPSA) is 58.6 Å². The molecule has 1 N–H and O–H groups in total. The molecule has 1 aliphatic rings. The van der Waals surface area contributed by atoms with Crippen molar-refractivity contribution in [2.24, 2.45) is 0 Å². The van der Waals surface area contributed by atoms with Crippen LogP contribution in [0.2, 0.25) is 0 Å². The molecular formula is C16H22N2O3. The highest BCUT2D eigenvalue weighted by molar-refractivity contribution is 5.74. The van der Waals surface area contributed by atoms with Crippen LogP contribution in [-0.4, -0.2) is 37.1 Å². The van der Waals surface area contributed by atoms with Crippen LogP contribution in [0, 0.1) is 0 Å². The van der Waals surface area contributed by atoms with Crippen molar-refractivity contribution in [1.29, 1.82) is 0 Å². The third kappa shape index (κ3) is 4.48. The molecule has 2 rings (SSSR count). The van der Waals surface area contributed by atoms with E-state index in [-0.39, 0.29) is 12.0 Å². The number of nitrogens with zero attached hydrogens (tertiary/aromatic N) is 1. The molecule has 0 atom stereocenters. The number of hydrogen-bond acceptors (Lipinski definition) is 3. The van der Waals surface area contributed by atoms with Gasteiger partial charge in [-0.05, 0) is 30.4 Å². The zero-order valence-electron chi connectivity index (χ0n) is 12.4. The molecule has 5 heteroatoms. The Bertz CT molecular complexity index is 502. The minimum absolute atomic E-state index is 0.0254. The van der Waals surface area contributed by atoms with Gasteiger partial charge in [0.2, 0.25) is 0 Å². The Kier molecular flexibility index (Phi) is 5.60. The van der Waals surface area contributed by atoms with E-state index in [1.807, 2.05) is 17.0 Å². The summed E-state index contributed by atoms with van der Waals surface area (Å²) < 4.78 is 4.57. The van der Waals surface area contributed by atoms with Crippen molar-refractivity contribution < 1.29 is 14.3 Å². The van der Waals surface area contributed by atoms with Crippen molar-refractivity contribution in [3.8, 4) is 0 Å². The lowest BCUT2D eigenvalue weighted by molar-refractivity contribution is -0.140. The number of carbonyl (C=O) groups excluding carboxylic acids is 2. The van der Waals surface area contributed by atoms with E-state index < -0.39 is 0 Å². The Morgan fingerprint density at radius 2 is 2.00 bits per heavy atom. The third-order valence-corrected chi connectivity index (χ3v) is 3.73. The molecule has 114 valence electrons. The molecule has 0 saturated heterocycles. The number of methoxy groups -OCH3 is 1. The Morgan fingerprint density at radius 3 is 2.76 bits per heavy atom. The van der Waals surface area contributed by atoms with Crippen LogP contribution < -0.4 is 5.32 Å². The minimum atomic E-state index is -0.200. The lowest BCUT2D eigenvalue weighted by Gasteiger charge is -2.28. The molecule has 2 amide bonds. The van der Waals surface area contributed by atoms with Gasteiger partial charge in [0.05, 0.1) is 7.11 Å². The predicted octanol–water partition coefficient (Wildman–Crippen LogP) is 2.10. The molecule has 21 heavy (non-hydrogen) atoms. The molecule has 0 fully saturated rings. The summed E-state index contributed by atoms with van der Waals surface area (Å²) in [5.74, 6) is -0.200. The normalized spacial score (nSPS) is 13.5. The fraction of sp³-hybridized carbons (Fsp3) is 0.500. The molecule has 0 aromatic heterocycles. The molecule has 1 aromatic carbocycles. The number of ether oxygens (including phenoxy) is 1. The van der Waals surface area contributed by atoms with Crippen LogP contribution in [0.1, 0.15) is 30.4 Å². The number of carbonyl (C=O) groups is 2. The summed E-state index contributed by atoms with van der Waals surface area (Å²) in [6.45, 7) is 2.02. The SMILES string of the molecule is COC(=O)CCCCNC(=O)N1CCc2ccccc2C1. The van der Waals surface area contributed by atoms with E-state index in [2.05, 4.69) is 22.2 Å². The summed E-state index contributed by atoms with van der Waals surface area (Å²) >= 11 is 0. The number of amides is 2. The number of benzene rings is 1. The van der Waals surface area contributed by atoms with Crippen LogP contribution in [0.15, 0.2) is 24.3 Å². The second kappa shape index (κ2) is 7.67. The van der Waals surface area contributed by atoms with Crippen molar-refractivity contribution in [2.75, 3.05) is 20.2 Å². The second-order valence-corrected chi connectivity index (χ2v) is 5.21. The predicted molar refractivity (Wildman–Crippen MR) is 79.8 cm³/mol. The van der Waals surface area contributed by atoms with Crippen LogP contribution in [0.3, 0.4) is 0 Å². The molecule has 0 spiro atoms. The van der Waals surface area contributed by atoms with Crippen LogP contribution in [0.5, 0.6) is 0 Å². The highest BCUT2D eigenvalue weighted by atomic mass is 16.5. The monoisotopic (exact) mass is 290 g/mol. The quantitative estimate of drug-likeness (QED) is 0.667. The van der Waals surface area contributed by atoms with Crippen LogP contribution >= 0.6 is 0 Å². The first-order valence-electron chi connectivity index (χ1n) is 7.37. The van der Waals surface area contributed by atoms with Gasteiger partial charge < -0.3 is 15.0 Å². The van der Waals surface area contributed by atoms with Gasteiger partial charge in [-0.2, -0.15) is 0 Å². The third-order valence-electron chi connectivity index (χ3n) is 3.73. The number of urea groups is 1. The first-order valence-corrected chi connectivity index (χ1v) is 7.37. The highest BCUT2D eigenvalue weighted by Crippen LogP contribution is 2.18. The van der Waals surface area contributed by atoms with E-state index >= 15 is 0 Å². The summed E-state index contributed by atoms with van der Waals surface area (Å²) in [6, 6.07) is 8.22. The van der Waals surface area contributed by atoms with Crippen molar-refractivity contribution >= 4 is 12.0 Å². The average Bonchev–Trinajstić information content (AvgIpc) is 2.53. The van der Waals surface area contributed by atoms with Gasteiger partial charge in [0.25, 0.3) is 0 Å². The van der Waals surface area contributed by atoms with Crippen molar-refractivity contribution in [3.63, 3.8) is 0 Å². The Morgan fingerprint density at radius 1 is 1.24 bits per heavy atom. The van der Waals surface area contributed by atoms with Gasteiger partial charge in [-0.3, -0.25) is 4.79 Å². The van der Waals surface area contributed by atoms with Crippen LogP contribution in [-0.2, 0) is 22.5 Å². The molecule has 0 unspecified atom stereocenters. The van der Waals surface area contributed by atoms with Gasteiger partial charge in [-0.25, -0.2) is 4.79 Å². The Labute approximate surface area is 125 Å². The van der Waals surface area contributed by atoms with E-state index in [1.54, 1.807) is 0 Å². The molecular weight excluding hydrogens is 268 g/mol. The number of nitrogens with one attached hydrogen (secondary N) is 1. The lowest BCUT2D eigenvalue weighted by atomic mass is 10.0. The molecule has 0 bridgehead atoms. The average molecular weight is 290 g/mol. The highest BCUT2D eigenvalue weighted by Gasteiger charge is 2.19. The van der Waals surface area contributed by atoms with E-state index in [9.17, 15) is 9.59 Å². The van der Waals surface area contributed by atoms with E-state index in [0.717, 1.165) is 25.8 Å². The largest absolute Gasteiger partial charge is 0.469 e. The fourth-order valence-electron chi connectivity index (χ4n) is 2.47. The molecule has 0 saturated carbocycles. The number of unbranched alkanes of at least 4 members (excludes halogenated alkanes) is 1. The van der Waals surface area contributed by atoms with Gasteiger partial charge >= 0.3 is 12.0 Å². The van der Waals surface area contributed by atoms with Gasteiger partial charge in [0.15, 0.2) is 0 Å². The van der Waals surface area contributed by atoms with Crippen molar-refractivity contribution in [2.45, 2.75) is 32.2 Å². The summed E-state index contributed by atoms with van der Waals surface area (Å²) in [5.41, 5.74) is 2.56. The van der Waals surface area contributed by atoms with Crippen LogP contribution in [0.4, 0.5) is 4.79 Å². The Hall–Kier alpha value is -2.04. The van der Waals surface area contributed by atoms with E-state index in [1.165, 1.54) is 18.2 Å². The van der Waals surface area contributed by atoms with E-state index in [0.29, 0.717) is 19.5 Å². The number of rotatable bonds is 5. The van der Waals surface area contributed by atoms with Crippen molar-refractivity contribution in [3.05, 3.63) is 35.4 Å². The second-order valence-electron chi connectivity index (χ2n) is 5.21. The maximum absolute atomic E-state index is 12.1. The maximum atomic E-state index is 12.1. The summed E-state index contributed by atoms with van der Waals surface area (Å²) in [5, 5.41) is 2.91. The fourth-order valence-corrected chi connectivity index (χ4v) is 2.47. The zero-order chi connectivity index (χ0) is 15.1. The van der Waals surface area contributed by atoms with E-state index in [4.69, 9.17) is 0 Å².